The van der Waals surface area contributed by atoms with Crippen molar-refractivity contribution in [2.45, 2.75) is 77.4 Å². The number of rotatable bonds is 5. The molecule has 4 aliphatic rings. The van der Waals surface area contributed by atoms with Gasteiger partial charge < -0.3 is 19.7 Å². The summed E-state index contributed by atoms with van der Waals surface area (Å²) in [6.45, 7) is 6.49. The molecule has 0 heterocycles. The van der Waals surface area contributed by atoms with Crippen molar-refractivity contribution in [3.05, 3.63) is 11.6 Å². The minimum atomic E-state index is -1.32. The first-order chi connectivity index (χ1) is 13.7. The van der Waals surface area contributed by atoms with Gasteiger partial charge in [-0.1, -0.05) is 19.4 Å². The Kier molecular flexibility index (Phi) is 5.20. The molecule has 0 spiro atoms. The second-order valence-corrected chi connectivity index (χ2v) is 10.0. The summed E-state index contributed by atoms with van der Waals surface area (Å²) in [6.07, 6.45) is 5.95. The van der Waals surface area contributed by atoms with E-state index in [2.05, 4.69) is 6.92 Å². The van der Waals surface area contributed by atoms with Gasteiger partial charge in [0.1, 0.15) is 6.79 Å². The highest BCUT2D eigenvalue weighted by Crippen LogP contribution is 2.68. The van der Waals surface area contributed by atoms with Crippen LogP contribution < -0.4 is 0 Å². The molecule has 0 bridgehead atoms. The third-order valence-electron chi connectivity index (χ3n) is 8.95. The molecule has 0 unspecified atom stereocenters. The standard InChI is InChI=1S/C23H34O6/c1-4-28-13-29-23(20(26)27)10-8-17-16-6-5-14-11-15(24)7-9-21(14,2)19(16)18(25)12-22(17,23)3/h11,16-19,25H,4-10,12-13H2,1-3H3,(H,26,27)/t16-,17-,18-,19+,21-,22-,23-/m0/s1. The summed E-state index contributed by atoms with van der Waals surface area (Å²) in [6, 6.07) is 0. The number of carbonyl (C=O) groups is 2. The fourth-order valence-electron chi connectivity index (χ4n) is 7.55. The summed E-state index contributed by atoms with van der Waals surface area (Å²) in [4.78, 5) is 24.5. The number of ketones is 1. The van der Waals surface area contributed by atoms with Gasteiger partial charge in [0.25, 0.3) is 0 Å². The van der Waals surface area contributed by atoms with Gasteiger partial charge in [-0.05, 0) is 74.7 Å². The van der Waals surface area contributed by atoms with Gasteiger partial charge in [0.2, 0.25) is 0 Å². The van der Waals surface area contributed by atoms with E-state index in [1.54, 1.807) is 0 Å². The lowest BCUT2D eigenvalue weighted by molar-refractivity contribution is -0.229. The zero-order valence-corrected chi connectivity index (χ0v) is 17.8. The molecule has 3 fully saturated rings. The molecular formula is C23H34O6. The van der Waals surface area contributed by atoms with Crippen molar-refractivity contribution in [2.24, 2.45) is 28.6 Å². The van der Waals surface area contributed by atoms with E-state index in [1.165, 1.54) is 5.57 Å². The number of carboxylic acid groups (broad SMARTS) is 1. The van der Waals surface area contributed by atoms with Crippen molar-refractivity contribution in [1.29, 1.82) is 0 Å². The molecule has 162 valence electrons. The molecule has 0 radical (unpaired) electrons. The number of carboxylic acids is 1. The van der Waals surface area contributed by atoms with E-state index in [4.69, 9.17) is 9.47 Å². The van der Waals surface area contributed by atoms with E-state index in [-0.39, 0.29) is 35.7 Å². The zero-order valence-electron chi connectivity index (χ0n) is 17.8. The summed E-state index contributed by atoms with van der Waals surface area (Å²) in [7, 11) is 0. The molecule has 0 aromatic heterocycles. The summed E-state index contributed by atoms with van der Waals surface area (Å²) in [5.74, 6) is -0.245. The maximum Gasteiger partial charge on any atom is 0.336 e. The molecule has 4 aliphatic carbocycles. The van der Waals surface area contributed by atoms with Crippen LogP contribution in [0.25, 0.3) is 0 Å². The molecule has 0 amide bonds. The topological polar surface area (TPSA) is 93.1 Å². The van der Waals surface area contributed by atoms with E-state index in [1.807, 2.05) is 19.9 Å². The number of ether oxygens (including phenoxy) is 2. The van der Waals surface area contributed by atoms with Crippen LogP contribution in [0.15, 0.2) is 11.6 Å². The van der Waals surface area contributed by atoms with Crippen molar-refractivity contribution in [1.82, 2.24) is 0 Å². The number of hydrogen-bond donors (Lipinski definition) is 2. The van der Waals surface area contributed by atoms with Crippen LogP contribution in [0.4, 0.5) is 0 Å². The molecule has 6 nitrogen and oxygen atoms in total. The lowest BCUT2D eigenvalue weighted by Crippen LogP contribution is -2.62. The van der Waals surface area contributed by atoms with E-state index in [9.17, 15) is 19.8 Å². The second-order valence-electron chi connectivity index (χ2n) is 10.0. The van der Waals surface area contributed by atoms with Crippen LogP contribution in [0.1, 0.15) is 65.7 Å². The molecule has 4 rings (SSSR count). The molecule has 6 heteroatoms. The Morgan fingerprint density at radius 2 is 2.00 bits per heavy atom. The number of allylic oxidation sites excluding steroid dienone is 1. The number of hydrogen-bond acceptors (Lipinski definition) is 5. The fourth-order valence-corrected chi connectivity index (χ4v) is 7.55. The summed E-state index contributed by atoms with van der Waals surface area (Å²) < 4.78 is 11.3. The van der Waals surface area contributed by atoms with Gasteiger partial charge in [-0.15, -0.1) is 0 Å². The molecular weight excluding hydrogens is 372 g/mol. The van der Waals surface area contributed by atoms with Crippen molar-refractivity contribution >= 4 is 11.8 Å². The Balaban J connectivity index is 1.69. The van der Waals surface area contributed by atoms with Gasteiger partial charge >= 0.3 is 5.97 Å². The van der Waals surface area contributed by atoms with Gasteiger partial charge in [0.15, 0.2) is 11.4 Å². The normalized spacial score (nSPS) is 46.5. The number of aliphatic carboxylic acids is 1. The smallest absolute Gasteiger partial charge is 0.336 e. The summed E-state index contributed by atoms with van der Waals surface area (Å²) in [5.41, 5.74) is -0.942. The van der Waals surface area contributed by atoms with Crippen molar-refractivity contribution < 1.29 is 29.3 Å². The van der Waals surface area contributed by atoms with E-state index >= 15 is 0 Å². The first kappa shape index (κ1) is 21.0. The highest BCUT2D eigenvalue weighted by Gasteiger charge is 2.70. The highest BCUT2D eigenvalue weighted by molar-refractivity contribution is 5.91. The van der Waals surface area contributed by atoms with Gasteiger partial charge in [-0.2, -0.15) is 0 Å². The lowest BCUT2D eigenvalue weighted by atomic mass is 9.45. The Morgan fingerprint density at radius 1 is 1.24 bits per heavy atom. The van der Waals surface area contributed by atoms with Crippen LogP contribution >= 0.6 is 0 Å². The average molecular weight is 407 g/mol. The number of aliphatic hydroxyl groups excluding tert-OH is 1. The van der Waals surface area contributed by atoms with E-state index < -0.39 is 23.1 Å². The predicted molar refractivity (Wildman–Crippen MR) is 106 cm³/mol. The zero-order chi connectivity index (χ0) is 21.0. The third kappa shape index (κ3) is 2.86. The molecule has 29 heavy (non-hydrogen) atoms. The summed E-state index contributed by atoms with van der Waals surface area (Å²) >= 11 is 0. The average Bonchev–Trinajstić information content (AvgIpc) is 2.95. The Bertz CT molecular complexity index is 731. The molecule has 7 atom stereocenters. The number of aliphatic hydroxyl groups is 1. The minimum Gasteiger partial charge on any atom is -0.479 e. The quantitative estimate of drug-likeness (QED) is 0.537. The summed E-state index contributed by atoms with van der Waals surface area (Å²) in [5, 5.41) is 21.6. The maximum absolute atomic E-state index is 12.5. The molecule has 0 aliphatic heterocycles. The van der Waals surface area contributed by atoms with Crippen molar-refractivity contribution in [2.75, 3.05) is 13.4 Å². The van der Waals surface area contributed by atoms with Crippen LogP contribution in [0.3, 0.4) is 0 Å². The Hall–Kier alpha value is -1.24. The van der Waals surface area contributed by atoms with Crippen molar-refractivity contribution in [3.8, 4) is 0 Å². The lowest BCUT2D eigenvalue weighted by Gasteiger charge is -2.60. The van der Waals surface area contributed by atoms with Crippen LogP contribution in [0.2, 0.25) is 0 Å². The Labute approximate surface area is 172 Å². The van der Waals surface area contributed by atoms with Crippen molar-refractivity contribution in [3.63, 3.8) is 0 Å². The van der Waals surface area contributed by atoms with E-state index in [0.717, 1.165) is 25.7 Å². The largest absolute Gasteiger partial charge is 0.479 e. The second kappa shape index (κ2) is 7.17. The molecule has 0 saturated heterocycles. The van der Waals surface area contributed by atoms with Gasteiger partial charge in [-0.3, -0.25) is 4.79 Å². The maximum atomic E-state index is 12.5. The number of fused-ring (bicyclic) bond motifs is 5. The minimum absolute atomic E-state index is 0.0397. The Morgan fingerprint density at radius 3 is 2.69 bits per heavy atom. The van der Waals surface area contributed by atoms with E-state index in [0.29, 0.717) is 25.9 Å². The third-order valence-corrected chi connectivity index (χ3v) is 8.95. The first-order valence-electron chi connectivity index (χ1n) is 11.1. The first-order valence-corrected chi connectivity index (χ1v) is 11.1. The monoisotopic (exact) mass is 406 g/mol. The molecule has 3 saturated carbocycles. The molecule has 2 N–H and O–H groups in total. The van der Waals surface area contributed by atoms with Crippen LogP contribution in [-0.4, -0.2) is 47.1 Å². The number of carbonyl (C=O) groups excluding carboxylic acids is 1. The predicted octanol–water partition coefficient (Wildman–Crippen LogP) is 3.32. The van der Waals surface area contributed by atoms with Gasteiger partial charge in [0.05, 0.1) is 6.10 Å². The van der Waals surface area contributed by atoms with Crippen LogP contribution in [0, 0.1) is 28.6 Å². The molecule has 0 aromatic carbocycles. The molecule has 0 aromatic rings. The fraction of sp³-hybridized carbons (Fsp3) is 0.826. The SMILES string of the molecule is CCOCO[C@]1(C(=O)O)CC[C@H]2[C@@H]3CCC4=CC(=O)CC[C@]4(C)[C@H]3[C@@H](O)C[C@@]21C. The van der Waals surface area contributed by atoms with Crippen LogP contribution in [-0.2, 0) is 19.1 Å². The highest BCUT2D eigenvalue weighted by atomic mass is 16.7. The van der Waals surface area contributed by atoms with Crippen LogP contribution in [0.5, 0.6) is 0 Å². The van der Waals surface area contributed by atoms with Gasteiger partial charge in [0, 0.05) is 18.4 Å². The van der Waals surface area contributed by atoms with Gasteiger partial charge in [-0.25, -0.2) is 4.79 Å².